The van der Waals surface area contributed by atoms with Gasteiger partial charge in [0.15, 0.2) is 0 Å². The second-order valence-corrected chi connectivity index (χ2v) is 7.74. The third-order valence-electron chi connectivity index (χ3n) is 5.86. The fraction of sp³-hybridized carbons (Fsp3) is 0.941. The first-order valence-corrected chi connectivity index (χ1v) is 8.60. The highest BCUT2D eigenvalue weighted by Gasteiger charge is 2.41. The van der Waals surface area contributed by atoms with E-state index in [1.807, 2.05) is 0 Å². The second kappa shape index (κ2) is 5.67. The van der Waals surface area contributed by atoms with Gasteiger partial charge in [0.05, 0.1) is 0 Å². The van der Waals surface area contributed by atoms with Crippen molar-refractivity contribution in [3.63, 3.8) is 0 Å². The van der Waals surface area contributed by atoms with Crippen LogP contribution >= 0.6 is 0 Å². The molecule has 2 heterocycles. The Bertz CT molecular complexity index is 360. The molecule has 0 aromatic carbocycles. The van der Waals surface area contributed by atoms with Gasteiger partial charge in [-0.15, -0.1) is 0 Å². The maximum atomic E-state index is 11.9. The van der Waals surface area contributed by atoms with E-state index in [0.29, 0.717) is 23.3 Å². The summed E-state index contributed by atoms with van der Waals surface area (Å²) in [6.07, 6.45) is 9.12. The Morgan fingerprint density at radius 1 is 1.25 bits per heavy atom. The van der Waals surface area contributed by atoms with E-state index >= 15 is 0 Å². The molecule has 0 bridgehead atoms. The fourth-order valence-corrected chi connectivity index (χ4v) is 4.67. The molecule has 1 unspecified atom stereocenters. The molecule has 3 aliphatic rings. The molecule has 0 aromatic rings. The van der Waals surface area contributed by atoms with Crippen LogP contribution in [0.2, 0.25) is 0 Å². The third kappa shape index (κ3) is 2.88. The standard InChI is InChI=1S/C17H30N2O/c1-14(2)19-12-15(5-6-16(19)20)11-18-10-9-17(13-18)7-3-4-8-17/h14-15H,3-13H2,1-2H3. The molecule has 3 heteroatoms. The maximum Gasteiger partial charge on any atom is 0.222 e. The summed E-state index contributed by atoms with van der Waals surface area (Å²) in [6.45, 7) is 9.12. The molecule has 0 radical (unpaired) electrons. The molecule has 2 aliphatic heterocycles. The maximum absolute atomic E-state index is 11.9. The summed E-state index contributed by atoms with van der Waals surface area (Å²) in [5.41, 5.74) is 0.683. The van der Waals surface area contributed by atoms with E-state index in [-0.39, 0.29) is 0 Å². The molecule has 0 aromatic heterocycles. The van der Waals surface area contributed by atoms with E-state index in [1.54, 1.807) is 0 Å². The number of hydrogen-bond acceptors (Lipinski definition) is 2. The van der Waals surface area contributed by atoms with Gasteiger partial charge in [-0.05, 0) is 57.4 Å². The van der Waals surface area contributed by atoms with Gasteiger partial charge in [0.25, 0.3) is 0 Å². The van der Waals surface area contributed by atoms with Gasteiger partial charge >= 0.3 is 0 Å². The fourth-order valence-electron chi connectivity index (χ4n) is 4.67. The van der Waals surface area contributed by atoms with Crippen LogP contribution < -0.4 is 0 Å². The average molecular weight is 278 g/mol. The summed E-state index contributed by atoms with van der Waals surface area (Å²) >= 11 is 0. The Kier molecular flexibility index (Phi) is 4.07. The number of rotatable bonds is 3. The van der Waals surface area contributed by atoms with Gasteiger partial charge in [-0.25, -0.2) is 0 Å². The lowest BCUT2D eigenvalue weighted by atomic mass is 9.85. The highest BCUT2D eigenvalue weighted by molar-refractivity contribution is 5.77. The van der Waals surface area contributed by atoms with Crippen LogP contribution in [0.4, 0.5) is 0 Å². The van der Waals surface area contributed by atoms with Gasteiger partial charge in [-0.2, -0.15) is 0 Å². The van der Waals surface area contributed by atoms with Gasteiger partial charge in [0.1, 0.15) is 0 Å². The number of amides is 1. The number of likely N-dealkylation sites (tertiary alicyclic amines) is 2. The normalized spacial score (nSPS) is 30.9. The number of hydrogen-bond donors (Lipinski definition) is 0. The number of nitrogens with zero attached hydrogens (tertiary/aromatic N) is 2. The highest BCUT2D eigenvalue weighted by atomic mass is 16.2. The minimum absolute atomic E-state index is 0.366. The van der Waals surface area contributed by atoms with Crippen LogP contribution in [-0.4, -0.2) is 47.9 Å². The molecule has 1 amide bonds. The zero-order valence-corrected chi connectivity index (χ0v) is 13.2. The summed E-state index contributed by atoms with van der Waals surface area (Å²) in [6, 6.07) is 0.366. The molecule has 3 rings (SSSR count). The Labute approximate surface area is 123 Å². The number of carbonyl (C=O) groups excluding carboxylic acids is 1. The van der Waals surface area contributed by atoms with E-state index in [4.69, 9.17) is 0 Å². The van der Waals surface area contributed by atoms with Gasteiger partial charge < -0.3 is 9.80 Å². The van der Waals surface area contributed by atoms with E-state index in [2.05, 4.69) is 23.6 Å². The van der Waals surface area contributed by atoms with Crippen molar-refractivity contribution < 1.29 is 4.79 Å². The zero-order valence-electron chi connectivity index (χ0n) is 13.2. The van der Waals surface area contributed by atoms with Gasteiger partial charge in [0.2, 0.25) is 5.91 Å². The SMILES string of the molecule is CC(C)N1CC(CN2CCC3(CCCC3)C2)CCC1=O. The lowest BCUT2D eigenvalue weighted by molar-refractivity contribution is -0.136. The van der Waals surface area contributed by atoms with Gasteiger partial charge in [0, 0.05) is 32.1 Å². The lowest BCUT2D eigenvalue weighted by Crippen LogP contribution is -2.46. The molecular weight excluding hydrogens is 248 g/mol. The molecular formula is C17H30N2O. The van der Waals surface area contributed by atoms with Crippen molar-refractivity contribution in [3.05, 3.63) is 0 Å². The summed E-state index contributed by atoms with van der Waals surface area (Å²) in [5, 5.41) is 0. The molecule has 0 N–H and O–H groups in total. The Morgan fingerprint density at radius 2 is 2.00 bits per heavy atom. The molecule has 1 spiro atoms. The average Bonchev–Trinajstić information content (AvgIpc) is 3.03. The minimum Gasteiger partial charge on any atom is -0.340 e. The van der Waals surface area contributed by atoms with Crippen molar-refractivity contribution in [2.24, 2.45) is 11.3 Å². The van der Waals surface area contributed by atoms with Crippen molar-refractivity contribution in [2.45, 2.75) is 64.8 Å². The van der Waals surface area contributed by atoms with Crippen LogP contribution in [-0.2, 0) is 4.79 Å². The summed E-state index contributed by atoms with van der Waals surface area (Å²) in [4.78, 5) is 16.7. The Morgan fingerprint density at radius 3 is 2.70 bits per heavy atom. The second-order valence-electron chi connectivity index (χ2n) is 7.74. The van der Waals surface area contributed by atoms with Crippen molar-refractivity contribution in [1.29, 1.82) is 0 Å². The van der Waals surface area contributed by atoms with Crippen LogP contribution in [0.25, 0.3) is 0 Å². The molecule has 114 valence electrons. The van der Waals surface area contributed by atoms with Crippen molar-refractivity contribution in [1.82, 2.24) is 9.80 Å². The van der Waals surface area contributed by atoms with Crippen LogP contribution in [0.15, 0.2) is 0 Å². The van der Waals surface area contributed by atoms with Gasteiger partial charge in [-0.1, -0.05) is 12.8 Å². The van der Waals surface area contributed by atoms with Crippen LogP contribution in [0.3, 0.4) is 0 Å². The molecule has 1 atom stereocenters. The predicted octanol–water partition coefficient (Wildman–Crippen LogP) is 2.90. The van der Waals surface area contributed by atoms with Gasteiger partial charge in [-0.3, -0.25) is 4.79 Å². The quantitative estimate of drug-likeness (QED) is 0.792. The van der Waals surface area contributed by atoms with E-state index in [1.165, 1.54) is 51.7 Å². The molecule has 3 nitrogen and oxygen atoms in total. The minimum atomic E-state index is 0.366. The first-order valence-electron chi connectivity index (χ1n) is 8.60. The number of carbonyl (C=O) groups is 1. The molecule has 3 fully saturated rings. The largest absolute Gasteiger partial charge is 0.340 e. The van der Waals surface area contributed by atoms with Crippen molar-refractivity contribution in [3.8, 4) is 0 Å². The summed E-state index contributed by atoms with van der Waals surface area (Å²) in [5.74, 6) is 1.07. The zero-order chi connectivity index (χ0) is 14.2. The summed E-state index contributed by atoms with van der Waals surface area (Å²) in [7, 11) is 0. The van der Waals surface area contributed by atoms with Crippen molar-refractivity contribution in [2.75, 3.05) is 26.2 Å². The van der Waals surface area contributed by atoms with Crippen molar-refractivity contribution >= 4 is 5.91 Å². The van der Waals surface area contributed by atoms with Crippen LogP contribution in [0.5, 0.6) is 0 Å². The predicted molar refractivity (Wildman–Crippen MR) is 81.5 cm³/mol. The monoisotopic (exact) mass is 278 g/mol. The molecule has 2 saturated heterocycles. The third-order valence-corrected chi connectivity index (χ3v) is 5.86. The molecule has 1 saturated carbocycles. The Hall–Kier alpha value is -0.570. The molecule has 1 aliphatic carbocycles. The van der Waals surface area contributed by atoms with E-state index in [0.717, 1.165) is 19.4 Å². The first-order chi connectivity index (χ1) is 9.58. The topological polar surface area (TPSA) is 23.6 Å². The smallest absolute Gasteiger partial charge is 0.222 e. The first kappa shape index (κ1) is 14.4. The van der Waals surface area contributed by atoms with Crippen LogP contribution in [0.1, 0.15) is 58.8 Å². The summed E-state index contributed by atoms with van der Waals surface area (Å²) < 4.78 is 0. The van der Waals surface area contributed by atoms with Crippen LogP contribution in [0, 0.1) is 11.3 Å². The lowest BCUT2D eigenvalue weighted by Gasteiger charge is -2.37. The Balaban J connectivity index is 1.52. The number of piperidine rings is 1. The van der Waals surface area contributed by atoms with E-state index in [9.17, 15) is 4.79 Å². The highest BCUT2D eigenvalue weighted by Crippen LogP contribution is 2.45. The molecule has 20 heavy (non-hydrogen) atoms. The van der Waals surface area contributed by atoms with E-state index < -0.39 is 0 Å².